The zero-order chi connectivity index (χ0) is 45.2. The van der Waals surface area contributed by atoms with Crippen LogP contribution in [-0.4, -0.2) is 103 Å². The number of alkyl carbamates (subject to hydrolysis) is 1. The number of hydrogen-bond donors (Lipinski definition) is 2. The first kappa shape index (κ1) is 50.9. The molecule has 0 bridgehead atoms. The molecule has 0 aliphatic heterocycles. The Balaban J connectivity index is 3.47. The number of halogens is 24. The number of carbonyl (C=O) groups excluding carboxylic acids is 2. The van der Waals surface area contributed by atoms with Gasteiger partial charge in [0, 0.05) is 6.54 Å². The van der Waals surface area contributed by atoms with Gasteiger partial charge in [-0.15, -0.1) is 0 Å². The molecule has 0 spiro atoms. The van der Waals surface area contributed by atoms with Crippen molar-refractivity contribution in [3.63, 3.8) is 0 Å². The van der Waals surface area contributed by atoms with Crippen molar-refractivity contribution in [2.24, 2.45) is 16.6 Å². The number of primary amides is 1. The molecule has 0 aromatic heterocycles. The van der Waals surface area contributed by atoms with Crippen molar-refractivity contribution in [2.45, 2.75) is 124 Å². The number of nitrogens with two attached hydrogens (primary N) is 1. The summed E-state index contributed by atoms with van der Waals surface area (Å²) in [4.78, 5) is 23.7. The normalized spacial score (nSPS) is 22.7. The third kappa shape index (κ3) is 8.51. The van der Waals surface area contributed by atoms with Gasteiger partial charge in [0.1, 0.15) is 5.60 Å². The molecule has 1 saturated carbocycles. The molecule has 332 valence electrons. The Kier molecular flexibility index (Phi) is 13.3. The van der Waals surface area contributed by atoms with Gasteiger partial charge in [-0.25, -0.2) is 27.2 Å². The second-order valence-electron chi connectivity index (χ2n) is 13.9. The Bertz CT molecular complexity index is 1440. The van der Waals surface area contributed by atoms with Crippen LogP contribution in [0.5, 0.6) is 0 Å². The molecule has 2 amide bonds. The number of ether oxygens (including phenoxy) is 2. The van der Waals surface area contributed by atoms with Gasteiger partial charge in [0.25, 0.3) is 0 Å². The lowest BCUT2D eigenvalue weighted by Gasteiger charge is -2.53. The van der Waals surface area contributed by atoms with E-state index in [-0.39, 0.29) is 0 Å². The maximum absolute atomic E-state index is 15.1. The van der Waals surface area contributed by atoms with Gasteiger partial charge in [0.2, 0.25) is 0 Å². The Hall–Kier alpha value is -3.14. The van der Waals surface area contributed by atoms with E-state index < -0.39 is 140 Å². The van der Waals surface area contributed by atoms with Crippen LogP contribution in [-0.2, 0) is 9.47 Å². The molecule has 2 atom stereocenters. The minimum atomic E-state index is -8.03. The van der Waals surface area contributed by atoms with Crippen molar-refractivity contribution in [1.82, 2.24) is 5.32 Å². The monoisotopic (exact) mass is 886 g/mol. The highest BCUT2D eigenvalue weighted by Gasteiger charge is 2.89. The molecule has 1 aliphatic carbocycles. The van der Waals surface area contributed by atoms with Crippen LogP contribution in [0.25, 0.3) is 0 Å². The predicted molar refractivity (Wildman–Crippen MR) is 135 cm³/mol. The molecule has 0 radical (unpaired) electrons. The van der Waals surface area contributed by atoms with Crippen molar-refractivity contribution >= 4 is 12.2 Å². The molecule has 0 aromatic rings. The van der Waals surface area contributed by atoms with Gasteiger partial charge in [0.05, 0.1) is 6.42 Å². The summed E-state index contributed by atoms with van der Waals surface area (Å²) in [7, 11) is 0. The van der Waals surface area contributed by atoms with E-state index in [0.29, 0.717) is 0 Å². The number of amides is 2. The molecule has 1 rings (SSSR count). The smallest absolute Gasteiger partial charge is 0.407 e. The van der Waals surface area contributed by atoms with Crippen LogP contribution >= 0.6 is 0 Å². The molecular weight excluding hydrogens is 860 g/mol. The van der Waals surface area contributed by atoms with E-state index >= 15 is 8.78 Å². The molecule has 30 heteroatoms. The highest BCUT2D eigenvalue weighted by atomic mass is 19.4. The van der Waals surface area contributed by atoms with E-state index in [9.17, 15) is 106 Å². The summed E-state index contributed by atoms with van der Waals surface area (Å²) in [5, 5.41) is 1.34. The first-order valence-electron chi connectivity index (χ1n) is 14.5. The van der Waals surface area contributed by atoms with Gasteiger partial charge < -0.3 is 20.5 Å². The lowest BCUT2D eigenvalue weighted by Crippen LogP contribution is -2.69. The fraction of sp³-hybridized carbons (Fsp3) is 0.923. The molecule has 56 heavy (non-hydrogen) atoms. The Labute approximate surface area is 296 Å². The van der Waals surface area contributed by atoms with Gasteiger partial charge in [0.15, 0.2) is 6.61 Å². The van der Waals surface area contributed by atoms with E-state index in [4.69, 9.17) is 5.73 Å². The first-order valence-corrected chi connectivity index (χ1v) is 14.5. The Morgan fingerprint density at radius 2 is 0.964 bits per heavy atom. The molecule has 1 aliphatic rings. The summed E-state index contributed by atoms with van der Waals surface area (Å²) in [6, 6.07) is 0. The number of rotatable bonds is 17. The molecular formula is C26H26F24N2O4. The van der Waals surface area contributed by atoms with Crippen molar-refractivity contribution in [3.8, 4) is 0 Å². The lowest BCUT2D eigenvalue weighted by molar-refractivity contribution is -0.416. The lowest BCUT2D eigenvalue weighted by atomic mass is 9.57. The van der Waals surface area contributed by atoms with E-state index in [1.54, 1.807) is 0 Å². The SMILES string of the molecule is CC1(C)CC(C)(CNC(=O)OCC(F)(F)C(F)(F)C(F)(F)C(F)(F)C(F)(F)C(F)F)CC(CC(F)(F)C(F)(F)C(F)(F)C(F)(F)C(F)(F)C(F)F)(OC(N)=O)C1. The third-order valence-corrected chi connectivity index (χ3v) is 8.24. The van der Waals surface area contributed by atoms with Crippen LogP contribution in [0.2, 0.25) is 0 Å². The second-order valence-corrected chi connectivity index (χ2v) is 13.9. The van der Waals surface area contributed by atoms with E-state index in [1.165, 1.54) is 5.32 Å². The summed E-state index contributed by atoms with van der Waals surface area (Å²) in [6.07, 6.45) is -22.8. The quantitative estimate of drug-likeness (QED) is 0.142. The van der Waals surface area contributed by atoms with Crippen LogP contribution in [0, 0.1) is 10.8 Å². The maximum Gasteiger partial charge on any atom is 0.407 e. The third-order valence-electron chi connectivity index (χ3n) is 8.24. The molecule has 6 nitrogen and oxygen atoms in total. The minimum absolute atomic E-state index is 0.602. The summed E-state index contributed by atoms with van der Waals surface area (Å²) in [5.41, 5.74) is -2.69. The average molecular weight is 886 g/mol. The van der Waals surface area contributed by atoms with Crippen LogP contribution in [0.4, 0.5) is 115 Å². The zero-order valence-corrected chi connectivity index (χ0v) is 27.7. The summed E-state index contributed by atoms with van der Waals surface area (Å²) in [5.74, 6) is -75.6. The molecule has 3 N–H and O–H groups in total. The largest absolute Gasteiger partial charge is 0.443 e. The predicted octanol–water partition coefficient (Wildman–Crippen LogP) is 10.0. The standard InChI is InChI=1S/C26H26F24N2O4/c1-14(2)4-15(3,8-52-13(54)55-9-18(33,34)22(41,42)26(49,50)24(45,46)20(37,38)11(29)30)6-16(5-14,56-12(51)53)7-17(31,32)21(39,40)25(47,48)23(43,44)19(35,36)10(27)28/h10-11H,4-9H2,1-3H3,(H2,51,53)(H,52,54). The highest BCUT2D eigenvalue weighted by molar-refractivity contribution is 5.67. The fourth-order valence-electron chi connectivity index (χ4n) is 6.21. The fourth-order valence-corrected chi connectivity index (χ4v) is 6.21. The molecule has 2 unspecified atom stereocenters. The first-order chi connectivity index (χ1) is 24.2. The van der Waals surface area contributed by atoms with Crippen molar-refractivity contribution in [2.75, 3.05) is 13.2 Å². The van der Waals surface area contributed by atoms with E-state index in [1.807, 2.05) is 0 Å². The van der Waals surface area contributed by atoms with Gasteiger partial charge >= 0.3 is 84.3 Å². The van der Waals surface area contributed by atoms with Crippen molar-refractivity contribution in [3.05, 3.63) is 0 Å². The second kappa shape index (κ2) is 14.6. The van der Waals surface area contributed by atoms with Crippen LogP contribution in [0.15, 0.2) is 0 Å². The Morgan fingerprint density at radius 3 is 1.32 bits per heavy atom. The highest BCUT2D eigenvalue weighted by Crippen LogP contribution is 2.62. The van der Waals surface area contributed by atoms with Gasteiger partial charge in [-0.2, -0.15) is 87.8 Å². The van der Waals surface area contributed by atoms with Gasteiger partial charge in [-0.1, -0.05) is 20.8 Å². The van der Waals surface area contributed by atoms with E-state index in [0.717, 1.165) is 20.8 Å². The molecule has 0 aromatic carbocycles. The molecule has 0 saturated heterocycles. The van der Waals surface area contributed by atoms with Gasteiger partial charge in [-0.05, 0) is 30.1 Å². The van der Waals surface area contributed by atoms with Crippen LogP contribution in [0.3, 0.4) is 0 Å². The topological polar surface area (TPSA) is 90.7 Å². The van der Waals surface area contributed by atoms with Crippen LogP contribution < -0.4 is 11.1 Å². The molecule has 0 heterocycles. The number of hydrogen-bond acceptors (Lipinski definition) is 4. The van der Waals surface area contributed by atoms with Crippen molar-refractivity contribution < 1.29 is 124 Å². The summed E-state index contributed by atoms with van der Waals surface area (Å²) in [6.45, 7) is -2.13. The van der Waals surface area contributed by atoms with Gasteiger partial charge in [-0.3, -0.25) is 0 Å². The zero-order valence-electron chi connectivity index (χ0n) is 27.7. The van der Waals surface area contributed by atoms with E-state index in [2.05, 4.69) is 9.47 Å². The number of alkyl halides is 24. The average Bonchev–Trinajstić information content (AvgIpc) is 2.96. The Morgan fingerprint density at radius 1 is 0.589 bits per heavy atom. The maximum atomic E-state index is 15.1. The number of nitrogens with one attached hydrogen (secondary N) is 1. The summed E-state index contributed by atoms with van der Waals surface area (Å²) >= 11 is 0. The number of carbonyl (C=O) groups is 2. The van der Waals surface area contributed by atoms with Crippen molar-refractivity contribution in [1.29, 1.82) is 0 Å². The molecule has 1 fully saturated rings. The van der Waals surface area contributed by atoms with Crippen LogP contribution in [0.1, 0.15) is 46.5 Å². The minimum Gasteiger partial charge on any atom is -0.443 e. The summed E-state index contributed by atoms with van der Waals surface area (Å²) < 4.78 is 335.